The zero-order valence-electron chi connectivity index (χ0n) is 12.0. The third-order valence-corrected chi connectivity index (χ3v) is 4.44. The van der Waals surface area contributed by atoms with Crippen molar-refractivity contribution in [2.24, 2.45) is 0 Å². The maximum Gasteiger partial charge on any atom is 0.303 e. The van der Waals surface area contributed by atoms with E-state index < -0.39 is 5.97 Å². The van der Waals surface area contributed by atoms with E-state index in [-0.39, 0.29) is 12.3 Å². The van der Waals surface area contributed by atoms with Crippen molar-refractivity contribution < 1.29 is 14.7 Å². The Labute approximate surface area is 128 Å². The second-order valence-electron chi connectivity index (χ2n) is 5.11. The number of rotatable bonds is 7. The second kappa shape index (κ2) is 7.22. The van der Waals surface area contributed by atoms with E-state index in [1.807, 2.05) is 12.1 Å². The fourth-order valence-corrected chi connectivity index (χ4v) is 3.20. The summed E-state index contributed by atoms with van der Waals surface area (Å²) in [5.74, 6) is -0.740. The Bertz CT molecular complexity index is 635. The minimum absolute atomic E-state index is 0.0654. The number of carbonyl (C=O) groups excluding carboxylic acids is 1. The van der Waals surface area contributed by atoms with Gasteiger partial charge < -0.3 is 10.0 Å². The predicted octanol–water partition coefficient (Wildman–Crippen LogP) is 3.50. The van der Waals surface area contributed by atoms with Gasteiger partial charge in [0, 0.05) is 31.1 Å². The zero-order valence-corrected chi connectivity index (χ0v) is 12.9. The summed E-state index contributed by atoms with van der Waals surface area (Å²) in [4.78, 5) is 24.2. The molecule has 1 aromatic heterocycles. The second-order valence-corrected chi connectivity index (χ2v) is 6.02. The van der Waals surface area contributed by atoms with Gasteiger partial charge >= 0.3 is 5.97 Å². The monoisotopic (exact) mass is 305 g/mol. The molecule has 0 aliphatic carbocycles. The van der Waals surface area contributed by atoms with Gasteiger partial charge in [0.25, 0.3) is 0 Å². The number of fused-ring (bicyclic) bond motifs is 1. The average Bonchev–Trinajstić information content (AvgIpc) is 2.86. The van der Waals surface area contributed by atoms with Crippen molar-refractivity contribution in [3.8, 4) is 0 Å². The van der Waals surface area contributed by atoms with E-state index in [1.54, 1.807) is 23.3 Å². The van der Waals surface area contributed by atoms with Crippen molar-refractivity contribution in [1.82, 2.24) is 4.90 Å². The number of carbonyl (C=O) groups is 2. The number of hydrogen-bond acceptors (Lipinski definition) is 3. The molecule has 112 valence electrons. The SMILES string of the molecule is CN(Cc1csc2ccccc12)C(=O)CCCCC(=O)O. The first-order valence-electron chi connectivity index (χ1n) is 6.99. The molecule has 2 aromatic rings. The maximum atomic E-state index is 12.0. The quantitative estimate of drug-likeness (QED) is 0.796. The van der Waals surface area contributed by atoms with Crippen molar-refractivity contribution in [3.05, 3.63) is 35.2 Å². The Hall–Kier alpha value is -1.88. The smallest absolute Gasteiger partial charge is 0.303 e. The molecule has 0 spiro atoms. The molecule has 21 heavy (non-hydrogen) atoms. The van der Waals surface area contributed by atoms with Gasteiger partial charge in [-0.2, -0.15) is 0 Å². The normalized spacial score (nSPS) is 10.7. The predicted molar refractivity (Wildman–Crippen MR) is 84.4 cm³/mol. The highest BCUT2D eigenvalue weighted by Crippen LogP contribution is 2.26. The van der Waals surface area contributed by atoms with Crippen molar-refractivity contribution >= 4 is 33.3 Å². The topological polar surface area (TPSA) is 57.6 Å². The van der Waals surface area contributed by atoms with Gasteiger partial charge in [0.2, 0.25) is 5.91 Å². The largest absolute Gasteiger partial charge is 0.481 e. The number of hydrogen-bond donors (Lipinski definition) is 1. The molecule has 0 atom stereocenters. The number of amides is 1. The van der Waals surface area contributed by atoms with Gasteiger partial charge in [-0.05, 0) is 35.2 Å². The molecule has 0 unspecified atom stereocenters. The van der Waals surface area contributed by atoms with Crippen molar-refractivity contribution in [2.75, 3.05) is 7.05 Å². The lowest BCUT2D eigenvalue weighted by Gasteiger charge is -2.16. The van der Waals surface area contributed by atoms with E-state index in [4.69, 9.17) is 5.11 Å². The summed E-state index contributed by atoms with van der Waals surface area (Å²) < 4.78 is 1.23. The minimum Gasteiger partial charge on any atom is -0.481 e. The van der Waals surface area contributed by atoms with Crippen LogP contribution in [0, 0.1) is 0 Å². The summed E-state index contributed by atoms with van der Waals surface area (Å²) in [5, 5.41) is 11.9. The molecule has 2 rings (SSSR count). The molecule has 1 N–H and O–H groups in total. The molecule has 1 heterocycles. The molecule has 1 amide bonds. The molecule has 4 nitrogen and oxygen atoms in total. The Kier molecular flexibility index (Phi) is 5.33. The molecule has 0 bridgehead atoms. The van der Waals surface area contributed by atoms with E-state index in [2.05, 4.69) is 17.5 Å². The highest BCUT2D eigenvalue weighted by atomic mass is 32.1. The number of aliphatic carboxylic acids is 1. The van der Waals surface area contributed by atoms with Crippen molar-refractivity contribution in [2.45, 2.75) is 32.2 Å². The third kappa shape index (κ3) is 4.29. The first-order chi connectivity index (χ1) is 10.1. The molecule has 0 aliphatic rings. The summed E-state index contributed by atoms with van der Waals surface area (Å²) in [7, 11) is 1.80. The number of thiophene rings is 1. The van der Waals surface area contributed by atoms with Crippen LogP contribution in [0.2, 0.25) is 0 Å². The van der Waals surface area contributed by atoms with Crippen LogP contribution in [0.25, 0.3) is 10.1 Å². The van der Waals surface area contributed by atoms with E-state index in [9.17, 15) is 9.59 Å². The minimum atomic E-state index is -0.805. The summed E-state index contributed by atoms with van der Waals surface area (Å²) >= 11 is 1.69. The third-order valence-electron chi connectivity index (χ3n) is 3.43. The zero-order chi connectivity index (χ0) is 15.2. The lowest BCUT2D eigenvalue weighted by Crippen LogP contribution is -2.25. The van der Waals surface area contributed by atoms with Gasteiger partial charge in [-0.1, -0.05) is 18.2 Å². The van der Waals surface area contributed by atoms with Crippen LogP contribution < -0.4 is 0 Å². The van der Waals surface area contributed by atoms with Crippen molar-refractivity contribution in [1.29, 1.82) is 0 Å². The Morgan fingerprint density at radius 1 is 1.19 bits per heavy atom. The summed E-state index contributed by atoms with van der Waals surface area (Å²) in [6.45, 7) is 0.599. The first-order valence-corrected chi connectivity index (χ1v) is 7.87. The maximum absolute atomic E-state index is 12.0. The van der Waals surface area contributed by atoms with Crippen LogP contribution >= 0.6 is 11.3 Å². The highest BCUT2D eigenvalue weighted by molar-refractivity contribution is 7.17. The number of carboxylic acids is 1. The Morgan fingerprint density at radius 2 is 1.90 bits per heavy atom. The van der Waals surface area contributed by atoms with E-state index in [0.29, 0.717) is 25.8 Å². The molecule has 0 aliphatic heterocycles. The molecule has 0 fully saturated rings. The Morgan fingerprint density at radius 3 is 2.67 bits per heavy atom. The van der Waals surface area contributed by atoms with Crippen molar-refractivity contribution in [3.63, 3.8) is 0 Å². The van der Waals surface area contributed by atoms with Crippen LogP contribution in [0.15, 0.2) is 29.6 Å². The number of nitrogens with zero attached hydrogens (tertiary/aromatic N) is 1. The summed E-state index contributed by atoms with van der Waals surface area (Å²) in [6.07, 6.45) is 1.72. The van der Waals surface area contributed by atoms with Gasteiger partial charge in [-0.3, -0.25) is 9.59 Å². The van der Waals surface area contributed by atoms with Gasteiger partial charge in [0.15, 0.2) is 0 Å². The molecular formula is C16H19NO3S. The first kappa shape index (κ1) is 15.5. The van der Waals surface area contributed by atoms with Gasteiger partial charge in [0.1, 0.15) is 0 Å². The fraction of sp³-hybridized carbons (Fsp3) is 0.375. The lowest BCUT2D eigenvalue weighted by atomic mass is 10.1. The van der Waals surface area contributed by atoms with Crippen LogP contribution in [-0.2, 0) is 16.1 Å². The van der Waals surface area contributed by atoms with Crippen LogP contribution in [-0.4, -0.2) is 28.9 Å². The highest BCUT2D eigenvalue weighted by Gasteiger charge is 2.12. The lowest BCUT2D eigenvalue weighted by molar-refractivity contribution is -0.137. The van der Waals surface area contributed by atoms with Gasteiger partial charge in [0.05, 0.1) is 0 Å². The van der Waals surface area contributed by atoms with Crippen LogP contribution in [0.1, 0.15) is 31.2 Å². The fourth-order valence-electron chi connectivity index (χ4n) is 2.24. The molecule has 5 heteroatoms. The van der Waals surface area contributed by atoms with E-state index in [1.165, 1.54) is 10.1 Å². The molecule has 0 saturated carbocycles. The van der Waals surface area contributed by atoms with Gasteiger partial charge in [-0.15, -0.1) is 11.3 Å². The van der Waals surface area contributed by atoms with Crippen LogP contribution in [0.3, 0.4) is 0 Å². The molecule has 1 aromatic carbocycles. The van der Waals surface area contributed by atoms with Crippen LogP contribution in [0.4, 0.5) is 0 Å². The summed E-state index contributed by atoms with van der Waals surface area (Å²) in [6, 6.07) is 8.18. The molecule has 0 radical (unpaired) electrons. The Balaban J connectivity index is 1.87. The average molecular weight is 305 g/mol. The number of benzene rings is 1. The van der Waals surface area contributed by atoms with E-state index in [0.717, 1.165) is 5.56 Å². The molecular weight excluding hydrogens is 286 g/mol. The number of unbranched alkanes of at least 4 members (excludes halogenated alkanes) is 1. The summed E-state index contributed by atoms with van der Waals surface area (Å²) in [5.41, 5.74) is 1.16. The van der Waals surface area contributed by atoms with E-state index >= 15 is 0 Å². The molecule has 0 saturated heterocycles. The van der Waals surface area contributed by atoms with Crippen LogP contribution in [0.5, 0.6) is 0 Å². The standard InChI is InChI=1S/C16H19NO3S/c1-17(15(18)8-4-5-9-16(19)20)10-12-11-21-14-7-3-2-6-13(12)14/h2-3,6-7,11H,4-5,8-10H2,1H3,(H,19,20). The number of carboxylic acid groups (broad SMARTS) is 1. The van der Waals surface area contributed by atoms with Gasteiger partial charge in [-0.25, -0.2) is 0 Å².